The monoisotopic (exact) mass is 290 g/mol. The van der Waals surface area contributed by atoms with Gasteiger partial charge in [-0.15, -0.1) is 0 Å². The molecule has 4 nitrogen and oxygen atoms in total. The molecule has 1 aliphatic rings. The molecule has 0 radical (unpaired) electrons. The molecular weight excluding hydrogens is 264 g/mol. The first-order valence-electron chi connectivity index (χ1n) is 7.94. The number of hydrogen-bond acceptors (Lipinski definition) is 3. The summed E-state index contributed by atoms with van der Waals surface area (Å²) >= 11 is 0. The fourth-order valence-electron chi connectivity index (χ4n) is 2.90. The number of nitrogens with one attached hydrogen (secondary N) is 1. The molecule has 1 amide bonds. The lowest BCUT2D eigenvalue weighted by Crippen LogP contribution is -2.39. The van der Waals surface area contributed by atoms with Gasteiger partial charge in [0.05, 0.1) is 6.42 Å². The second-order valence-electron chi connectivity index (χ2n) is 5.89. The minimum atomic E-state index is -0.0248. The quantitative estimate of drug-likeness (QED) is 0.791. The average molecular weight is 290 g/mol. The molecule has 1 unspecified atom stereocenters. The first-order valence-corrected chi connectivity index (χ1v) is 7.94. The number of carbonyl (C=O) groups excluding carboxylic acids is 1. The minimum absolute atomic E-state index is 0.0248. The van der Waals surface area contributed by atoms with E-state index in [1.54, 1.807) is 18.2 Å². The number of para-hydroxylation sites is 1. The first kappa shape index (κ1) is 15.8. The molecule has 2 N–H and O–H groups in total. The van der Waals surface area contributed by atoms with E-state index < -0.39 is 0 Å². The van der Waals surface area contributed by atoms with Gasteiger partial charge in [-0.1, -0.05) is 24.6 Å². The van der Waals surface area contributed by atoms with Crippen LogP contribution in [-0.4, -0.2) is 41.6 Å². The molecule has 1 aliphatic heterocycles. The van der Waals surface area contributed by atoms with Gasteiger partial charge in [0, 0.05) is 24.7 Å². The van der Waals surface area contributed by atoms with Crippen LogP contribution in [0.4, 0.5) is 0 Å². The Morgan fingerprint density at radius 3 is 2.95 bits per heavy atom. The standard InChI is InChI=1S/C17H26N2O2/c1-14-7-4-5-11-19(14)12-6-10-18-17(21)13-15-8-2-3-9-16(15)20/h2-3,8-9,14,20H,4-7,10-13H2,1H3,(H,18,21). The summed E-state index contributed by atoms with van der Waals surface area (Å²) in [6.07, 6.45) is 5.15. The molecule has 116 valence electrons. The maximum absolute atomic E-state index is 11.8. The van der Waals surface area contributed by atoms with Gasteiger partial charge in [-0.3, -0.25) is 4.79 Å². The summed E-state index contributed by atoms with van der Waals surface area (Å²) < 4.78 is 0. The smallest absolute Gasteiger partial charge is 0.224 e. The second kappa shape index (κ2) is 8.03. The summed E-state index contributed by atoms with van der Waals surface area (Å²) in [5.41, 5.74) is 0.680. The van der Waals surface area contributed by atoms with Gasteiger partial charge in [0.1, 0.15) is 5.75 Å². The van der Waals surface area contributed by atoms with Gasteiger partial charge in [0.15, 0.2) is 0 Å². The lowest BCUT2D eigenvalue weighted by Gasteiger charge is -2.33. The van der Waals surface area contributed by atoms with Crippen molar-refractivity contribution < 1.29 is 9.90 Å². The van der Waals surface area contributed by atoms with E-state index in [-0.39, 0.29) is 18.1 Å². The fraction of sp³-hybridized carbons (Fsp3) is 0.588. The number of hydrogen-bond donors (Lipinski definition) is 2. The number of carbonyl (C=O) groups is 1. The summed E-state index contributed by atoms with van der Waals surface area (Å²) in [4.78, 5) is 14.4. The number of piperidine rings is 1. The normalized spacial score (nSPS) is 19.4. The number of benzene rings is 1. The summed E-state index contributed by atoms with van der Waals surface area (Å²) in [6.45, 7) is 5.23. The van der Waals surface area contributed by atoms with Gasteiger partial charge in [0.2, 0.25) is 5.91 Å². The van der Waals surface area contributed by atoms with E-state index in [9.17, 15) is 9.90 Å². The van der Waals surface area contributed by atoms with E-state index in [4.69, 9.17) is 0 Å². The SMILES string of the molecule is CC1CCCCN1CCCNC(=O)Cc1ccccc1O. The molecule has 21 heavy (non-hydrogen) atoms. The van der Waals surface area contributed by atoms with Crippen molar-refractivity contribution >= 4 is 5.91 Å². The number of aromatic hydroxyl groups is 1. The lowest BCUT2D eigenvalue weighted by molar-refractivity contribution is -0.120. The number of likely N-dealkylation sites (tertiary alicyclic amines) is 1. The molecule has 4 heteroatoms. The van der Waals surface area contributed by atoms with E-state index in [1.165, 1.54) is 25.8 Å². The zero-order valence-electron chi connectivity index (χ0n) is 12.8. The molecule has 1 heterocycles. The van der Waals surface area contributed by atoms with Gasteiger partial charge < -0.3 is 15.3 Å². The van der Waals surface area contributed by atoms with E-state index in [2.05, 4.69) is 17.1 Å². The van der Waals surface area contributed by atoms with Crippen LogP contribution in [0.2, 0.25) is 0 Å². The maximum Gasteiger partial charge on any atom is 0.224 e. The molecule has 1 fully saturated rings. The molecule has 0 aliphatic carbocycles. The zero-order valence-corrected chi connectivity index (χ0v) is 12.8. The Balaban J connectivity index is 1.64. The molecule has 0 saturated carbocycles. The molecule has 2 rings (SSSR count). The van der Waals surface area contributed by atoms with Gasteiger partial charge in [-0.25, -0.2) is 0 Å². The number of amides is 1. The second-order valence-corrected chi connectivity index (χ2v) is 5.89. The van der Waals surface area contributed by atoms with E-state index >= 15 is 0 Å². The number of phenols is 1. The maximum atomic E-state index is 11.8. The number of phenolic OH excluding ortho intramolecular Hbond substituents is 1. The van der Waals surface area contributed by atoms with Crippen LogP contribution in [-0.2, 0) is 11.2 Å². The van der Waals surface area contributed by atoms with Gasteiger partial charge in [-0.2, -0.15) is 0 Å². The van der Waals surface area contributed by atoms with Crippen LogP contribution in [0.15, 0.2) is 24.3 Å². The van der Waals surface area contributed by atoms with Crippen LogP contribution in [0.5, 0.6) is 5.75 Å². The lowest BCUT2D eigenvalue weighted by atomic mass is 10.0. The minimum Gasteiger partial charge on any atom is -0.508 e. The number of nitrogens with zero attached hydrogens (tertiary/aromatic N) is 1. The van der Waals surface area contributed by atoms with Gasteiger partial charge in [0.25, 0.3) is 0 Å². The van der Waals surface area contributed by atoms with Crippen LogP contribution in [0, 0.1) is 0 Å². The molecule has 1 atom stereocenters. The third-order valence-corrected chi connectivity index (χ3v) is 4.23. The molecule has 1 aromatic carbocycles. The molecule has 0 spiro atoms. The molecule has 1 aromatic rings. The van der Waals surface area contributed by atoms with Crippen LogP contribution < -0.4 is 5.32 Å². The summed E-state index contributed by atoms with van der Waals surface area (Å²) in [6, 6.07) is 7.66. The van der Waals surface area contributed by atoms with Crippen molar-refractivity contribution in [2.75, 3.05) is 19.6 Å². The van der Waals surface area contributed by atoms with Crippen molar-refractivity contribution in [2.24, 2.45) is 0 Å². The van der Waals surface area contributed by atoms with Crippen molar-refractivity contribution in [3.05, 3.63) is 29.8 Å². The van der Waals surface area contributed by atoms with Crippen LogP contribution >= 0.6 is 0 Å². The van der Waals surface area contributed by atoms with Crippen molar-refractivity contribution in [2.45, 2.75) is 45.1 Å². The molecule has 1 saturated heterocycles. The highest BCUT2D eigenvalue weighted by molar-refractivity contribution is 5.79. The Morgan fingerprint density at radius 1 is 1.38 bits per heavy atom. The molecule has 0 aromatic heterocycles. The Morgan fingerprint density at radius 2 is 2.19 bits per heavy atom. The topological polar surface area (TPSA) is 52.6 Å². The largest absolute Gasteiger partial charge is 0.508 e. The third-order valence-electron chi connectivity index (χ3n) is 4.23. The van der Waals surface area contributed by atoms with E-state index in [0.29, 0.717) is 18.2 Å². The Bertz CT molecular complexity index is 462. The van der Waals surface area contributed by atoms with Crippen LogP contribution in [0.25, 0.3) is 0 Å². The van der Waals surface area contributed by atoms with E-state index in [0.717, 1.165) is 13.0 Å². The molecule has 0 bridgehead atoms. The van der Waals surface area contributed by atoms with Crippen LogP contribution in [0.1, 0.15) is 38.2 Å². The third kappa shape index (κ3) is 5.05. The Hall–Kier alpha value is -1.55. The number of rotatable bonds is 6. The first-order chi connectivity index (χ1) is 10.2. The van der Waals surface area contributed by atoms with Crippen molar-refractivity contribution in [3.63, 3.8) is 0 Å². The summed E-state index contributed by atoms with van der Waals surface area (Å²) in [7, 11) is 0. The highest BCUT2D eigenvalue weighted by Gasteiger charge is 2.17. The molecular formula is C17H26N2O2. The van der Waals surface area contributed by atoms with Gasteiger partial charge >= 0.3 is 0 Å². The predicted molar refractivity (Wildman–Crippen MR) is 84.3 cm³/mol. The fourth-order valence-corrected chi connectivity index (χ4v) is 2.90. The van der Waals surface area contributed by atoms with Gasteiger partial charge in [-0.05, 0) is 38.8 Å². The van der Waals surface area contributed by atoms with Crippen molar-refractivity contribution in [1.29, 1.82) is 0 Å². The summed E-state index contributed by atoms with van der Waals surface area (Å²) in [5, 5.41) is 12.6. The Labute approximate surface area is 127 Å². The highest BCUT2D eigenvalue weighted by Crippen LogP contribution is 2.17. The Kier molecular flexibility index (Phi) is 6.05. The van der Waals surface area contributed by atoms with Crippen LogP contribution in [0.3, 0.4) is 0 Å². The van der Waals surface area contributed by atoms with E-state index in [1.807, 2.05) is 6.07 Å². The average Bonchev–Trinajstić information content (AvgIpc) is 2.48. The zero-order chi connectivity index (χ0) is 15.1. The van der Waals surface area contributed by atoms with Crippen molar-refractivity contribution in [1.82, 2.24) is 10.2 Å². The summed E-state index contributed by atoms with van der Waals surface area (Å²) in [5.74, 6) is 0.165. The van der Waals surface area contributed by atoms with Crippen molar-refractivity contribution in [3.8, 4) is 5.75 Å². The predicted octanol–water partition coefficient (Wildman–Crippen LogP) is 2.32. The highest BCUT2D eigenvalue weighted by atomic mass is 16.3.